The Morgan fingerprint density at radius 1 is 1.47 bits per heavy atom. The number of ether oxygens (including phenoxy) is 1. The molecule has 0 radical (unpaired) electrons. The van der Waals surface area contributed by atoms with E-state index in [2.05, 4.69) is 10.1 Å². The van der Waals surface area contributed by atoms with Crippen molar-refractivity contribution in [3.63, 3.8) is 0 Å². The molecule has 0 unspecified atom stereocenters. The Balaban J connectivity index is 2.31. The van der Waals surface area contributed by atoms with Crippen molar-refractivity contribution in [3.05, 3.63) is 24.0 Å². The van der Waals surface area contributed by atoms with Gasteiger partial charge in [-0.2, -0.15) is 0 Å². The fourth-order valence-electron chi connectivity index (χ4n) is 1.21. The average molecular weight is 222 g/mol. The quantitative estimate of drug-likeness (QED) is 0.821. The Morgan fingerprint density at radius 3 is 2.80 bits per heavy atom. The fourth-order valence-corrected chi connectivity index (χ4v) is 1.21. The first-order chi connectivity index (χ1) is 7.01. The molecule has 0 fully saturated rings. The standard InChI is InChI=1S/C9H13F3N2O/c1-13-6-8-2-3-14(7-8)4-5-15-9(10,11)12/h2-3,7,13H,4-6H2,1H3. The molecular formula is C9H13F3N2O. The summed E-state index contributed by atoms with van der Waals surface area (Å²) in [5, 5.41) is 2.95. The third-order valence-electron chi connectivity index (χ3n) is 1.81. The van der Waals surface area contributed by atoms with Gasteiger partial charge < -0.3 is 9.88 Å². The summed E-state index contributed by atoms with van der Waals surface area (Å²) in [6.45, 7) is 0.535. The molecule has 0 saturated heterocycles. The highest BCUT2D eigenvalue weighted by molar-refractivity contribution is 5.09. The van der Waals surface area contributed by atoms with Gasteiger partial charge >= 0.3 is 6.36 Å². The summed E-state index contributed by atoms with van der Waals surface area (Å²) in [5.41, 5.74) is 1.03. The first-order valence-corrected chi connectivity index (χ1v) is 4.51. The second-order valence-corrected chi connectivity index (χ2v) is 3.08. The number of nitrogens with one attached hydrogen (secondary N) is 1. The van der Waals surface area contributed by atoms with Crippen LogP contribution in [0.4, 0.5) is 13.2 Å². The van der Waals surface area contributed by atoms with Gasteiger partial charge in [-0.05, 0) is 18.7 Å². The SMILES string of the molecule is CNCc1ccn(CCOC(F)(F)F)c1. The zero-order chi connectivity index (χ0) is 11.3. The van der Waals surface area contributed by atoms with Gasteiger partial charge in [0, 0.05) is 25.5 Å². The van der Waals surface area contributed by atoms with Crippen molar-refractivity contribution < 1.29 is 17.9 Å². The highest BCUT2D eigenvalue weighted by Gasteiger charge is 2.28. The summed E-state index contributed by atoms with van der Waals surface area (Å²) >= 11 is 0. The van der Waals surface area contributed by atoms with Gasteiger partial charge in [-0.25, -0.2) is 0 Å². The summed E-state index contributed by atoms with van der Waals surface area (Å²) in [6, 6.07) is 1.85. The van der Waals surface area contributed by atoms with E-state index < -0.39 is 6.36 Å². The molecule has 0 spiro atoms. The van der Waals surface area contributed by atoms with E-state index in [0.717, 1.165) is 5.56 Å². The van der Waals surface area contributed by atoms with Crippen molar-refractivity contribution in [2.45, 2.75) is 19.5 Å². The minimum Gasteiger partial charge on any atom is -0.352 e. The highest BCUT2D eigenvalue weighted by Crippen LogP contribution is 2.15. The summed E-state index contributed by atoms with van der Waals surface area (Å²) < 4.78 is 40.3. The zero-order valence-corrected chi connectivity index (χ0v) is 8.34. The fraction of sp³-hybridized carbons (Fsp3) is 0.556. The van der Waals surface area contributed by atoms with Crippen LogP contribution in [0.5, 0.6) is 0 Å². The molecule has 1 aromatic rings. The van der Waals surface area contributed by atoms with Crippen molar-refractivity contribution >= 4 is 0 Å². The second-order valence-electron chi connectivity index (χ2n) is 3.08. The second kappa shape index (κ2) is 5.18. The Labute approximate surface area is 85.8 Å². The van der Waals surface area contributed by atoms with Crippen LogP contribution in [0.2, 0.25) is 0 Å². The van der Waals surface area contributed by atoms with Gasteiger partial charge in [-0.3, -0.25) is 4.74 Å². The smallest absolute Gasteiger partial charge is 0.352 e. The van der Waals surface area contributed by atoms with Crippen LogP contribution in [0, 0.1) is 0 Å². The highest BCUT2D eigenvalue weighted by atomic mass is 19.4. The lowest BCUT2D eigenvalue weighted by Gasteiger charge is -2.07. The number of halogens is 3. The molecular weight excluding hydrogens is 209 g/mol. The van der Waals surface area contributed by atoms with Gasteiger partial charge in [0.05, 0.1) is 6.61 Å². The van der Waals surface area contributed by atoms with E-state index >= 15 is 0 Å². The first kappa shape index (κ1) is 12.1. The third-order valence-corrected chi connectivity index (χ3v) is 1.81. The van der Waals surface area contributed by atoms with E-state index in [1.807, 2.05) is 13.1 Å². The van der Waals surface area contributed by atoms with Crippen LogP contribution in [0.25, 0.3) is 0 Å². The van der Waals surface area contributed by atoms with Crippen LogP contribution in [-0.4, -0.2) is 24.6 Å². The topological polar surface area (TPSA) is 26.2 Å². The summed E-state index contributed by atoms with van der Waals surface area (Å²) in [6.07, 6.45) is -1.02. The van der Waals surface area contributed by atoms with Crippen LogP contribution >= 0.6 is 0 Å². The Bertz CT molecular complexity index is 296. The van der Waals surface area contributed by atoms with E-state index in [1.165, 1.54) is 0 Å². The van der Waals surface area contributed by atoms with Crippen molar-refractivity contribution in [1.82, 2.24) is 9.88 Å². The number of hydrogen-bond donors (Lipinski definition) is 1. The first-order valence-electron chi connectivity index (χ1n) is 4.51. The van der Waals surface area contributed by atoms with E-state index in [0.29, 0.717) is 6.54 Å². The Morgan fingerprint density at radius 2 is 2.20 bits per heavy atom. The molecule has 1 N–H and O–H groups in total. The van der Waals surface area contributed by atoms with Gasteiger partial charge in [0.1, 0.15) is 0 Å². The van der Waals surface area contributed by atoms with E-state index in [1.54, 1.807) is 17.0 Å². The predicted octanol–water partition coefficient (Wildman–Crippen LogP) is 1.74. The molecule has 0 aliphatic carbocycles. The lowest BCUT2D eigenvalue weighted by Crippen LogP contribution is -2.16. The molecule has 0 saturated carbocycles. The van der Waals surface area contributed by atoms with Gasteiger partial charge in [0.25, 0.3) is 0 Å². The molecule has 1 aromatic heterocycles. The Kier molecular flexibility index (Phi) is 4.16. The van der Waals surface area contributed by atoms with Crippen LogP contribution in [-0.2, 0) is 17.8 Å². The molecule has 3 nitrogen and oxygen atoms in total. The maximum absolute atomic E-state index is 11.6. The van der Waals surface area contributed by atoms with Crippen molar-refractivity contribution in [1.29, 1.82) is 0 Å². The molecule has 6 heteroatoms. The minimum atomic E-state index is -4.54. The van der Waals surface area contributed by atoms with Crippen LogP contribution in [0.3, 0.4) is 0 Å². The molecule has 0 aliphatic rings. The average Bonchev–Trinajstić information content (AvgIpc) is 2.51. The largest absolute Gasteiger partial charge is 0.522 e. The maximum atomic E-state index is 11.6. The summed E-state index contributed by atoms with van der Waals surface area (Å²) in [7, 11) is 1.81. The normalized spacial score (nSPS) is 12.0. The molecule has 0 amide bonds. The minimum absolute atomic E-state index is 0.198. The zero-order valence-electron chi connectivity index (χ0n) is 8.34. The number of aromatic nitrogens is 1. The van der Waals surface area contributed by atoms with Crippen molar-refractivity contribution in [2.24, 2.45) is 0 Å². The van der Waals surface area contributed by atoms with Gasteiger partial charge in [0.15, 0.2) is 0 Å². The lowest BCUT2D eigenvalue weighted by atomic mass is 10.3. The monoisotopic (exact) mass is 222 g/mol. The molecule has 0 atom stereocenters. The van der Waals surface area contributed by atoms with E-state index in [-0.39, 0.29) is 13.2 Å². The van der Waals surface area contributed by atoms with Gasteiger partial charge in [-0.15, -0.1) is 13.2 Å². The number of nitrogens with zero attached hydrogens (tertiary/aromatic N) is 1. The molecule has 0 aromatic carbocycles. The van der Waals surface area contributed by atoms with E-state index in [9.17, 15) is 13.2 Å². The summed E-state index contributed by atoms with van der Waals surface area (Å²) in [5.74, 6) is 0. The molecule has 0 aliphatic heterocycles. The van der Waals surface area contributed by atoms with Crippen molar-refractivity contribution in [2.75, 3.05) is 13.7 Å². The number of hydrogen-bond acceptors (Lipinski definition) is 2. The van der Waals surface area contributed by atoms with Crippen LogP contribution in [0.1, 0.15) is 5.56 Å². The van der Waals surface area contributed by atoms with Gasteiger partial charge in [-0.1, -0.05) is 0 Å². The molecule has 86 valence electrons. The van der Waals surface area contributed by atoms with Crippen LogP contribution < -0.4 is 5.32 Å². The molecule has 1 rings (SSSR count). The van der Waals surface area contributed by atoms with Crippen molar-refractivity contribution in [3.8, 4) is 0 Å². The molecule has 0 bridgehead atoms. The maximum Gasteiger partial charge on any atom is 0.522 e. The summed E-state index contributed by atoms with van der Waals surface area (Å²) in [4.78, 5) is 0. The lowest BCUT2D eigenvalue weighted by molar-refractivity contribution is -0.325. The van der Waals surface area contributed by atoms with Crippen LogP contribution in [0.15, 0.2) is 18.5 Å². The Hall–Kier alpha value is -1.01. The number of rotatable bonds is 5. The van der Waals surface area contributed by atoms with Gasteiger partial charge in [0.2, 0.25) is 0 Å². The predicted molar refractivity (Wildman–Crippen MR) is 49.2 cm³/mol. The molecule has 15 heavy (non-hydrogen) atoms. The van der Waals surface area contributed by atoms with E-state index in [4.69, 9.17) is 0 Å². The third kappa shape index (κ3) is 4.85. The molecule has 1 heterocycles. The number of alkyl halides is 3.